The number of rotatable bonds is 3. The average molecular weight is 261 g/mol. The van der Waals surface area contributed by atoms with Gasteiger partial charge in [-0.1, -0.05) is 17.7 Å². The lowest BCUT2D eigenvalue weighted by molar-refractivity contribution is -0.136. The minimum atomic E-state index is -0.743. The van der Waals surface area contributed by atoms with E-state index in [-0.39, 0.29) is 12.4 Å². The third-order valence-corrected chi connectivity index (χ3v) is 2.09. The Morgan fingerprint density at radius 2 is 2.00 bits per heavy atom. The average Bonchev–Trinajstić information content (AvgIpc) is 2.25. The third kappa shape index (κ3) is 4.08. The van der Waals surface area contributed by atoms with Crippen LogP contribution in [0.15, 0.2) is 24.3 Å². The summed E-state index contributed by atoms with van der Waals surface area (Å²) >= 11 is 11.1. The van der Waals surface area contributed by atoms with Gasteiger partial charge in [-0.3, -0.25) is 9.59 Å². The fraction of sp³-hybridized carbons (Fsp3) is 0.200. The Labute approximate surface area is 103 Å². The van der Waals surface area contributed by atoms with Gasteiger partial charge in [0, 0.05) is 23.1 Å². The van der Waals surface area contributed by atoms with E-state index in [1.807, 2.05) is 0 Å². The van der Waals surface area contributed by atoms with Gasteiger partial charge in [0.15, 0.2) is 0 Å². The van der Waals surface area contributed by atoms with Crippen molar-refractivity contribution < 1.29 is 9.59 Å². The van der Waals surface area contributed by atoms with Crippen molar-refractivity contribution in [3.05, 3.63) is 29.3 Å². The molecule has 0 aliphatic heterocycles. The van der Waals surface area contributed by atoms with Gasteiger partial charge in [-0.05, 0) is 18.2 Å². The Morgan fingerprint density at radius 1 is 1.25 bits per heavy atom. The topological polar surface area (TPSA) is 58.2 Å². The fourth-order valence-corrected chi connectivity index (χ4v) is 1.28. The normalized spacial score (nSPS) is 9.62. The van der Waals surface area contributed by atoms with Crippen molar-refractivity contribution >= 4 is 40.7 Å². The second-order valence-electron chi connectivity index (χ2n) is 2.91. The van der Waals surface area contributed by atoms with Gasteiger partial charge in [0.2, 0.25) is 0 Å². The highest BCUT2D eigenvalue weighted by Crippen LogP contribution is 2.14. The number of carbonyl (C=O) groups is 2. The molecule has 0 aliphatic carbocycles. The van der Waals surface area contributed by atoms with Gasteiger partial charge >= 0.3 is 11.8 Å². The largest absolute Gasteiger partial charge is 0.347 e. The molecule has 0 fully saturated rings. The van der Waals surface area contributed by atoms with Crippen molar-refractivity contribution in [2.24, 2.45) is 0 Å². The Hall–Kier alpha value is -1.26. The van der Waals surface area contributed by atoms with Crippen LogP contribution in [0.5, 0.6) is 0 Å². The molecular formula is C10H10Cl2N2O2. The maximum absolute atomic E-state index is 11.3. The number of benzene rings is 1. The van der Waals surface area contributed by atoms with Gasteiger partial charge in [-0.25, -0.2) is 0 Å². The third-order valence-electron chi connectivity index (χ3n) is 1.67. The van der Waals surface area contributed by atoms with E-state index in [4.69, 9.17) is 23.2 Å². The van der Waals surface area contributed by atoms with Crippen LogP contribution in [0.25, 0.3) is 0 Å². The lowest BCUT2D eigenvalue weighted by atomic mass is 10.3. The molecule has 0 spiro atoms. The molecule has 1 aromatic rings. The maximum atomic E-state index is 11.3. The molecule has 0 atom stereocenters. The van der Waals surface area contributed by atoms with Crippen molar-refractivity contribution in [3.8, 4) is 0 Å². The number of carbonyl (C=O) groups excluding carboxylic acids is 2. The Bertz CT molecular complexity index is 396. The summed E-state index contributed by atoms with van der Waals surface area (Å²) in [6, 6.07) is 6.53. The van der Waals surface area contributed by atoms with Crippen LogP contribution in [0, 0.1) is 0 Å². The zero-order valence-corrected chi connectivity index (χ0v) is 9.81. The lowest BCUT2D eigenvalue weighted by Crippen LogP contribution is -2.36. The maximum Gasteiger partial charge on any atom is 0.313 e. The molecule has 4 nitrogen and oxygen atoms in total. The standard InChI is InChI=1S/C10H10Cl2N2O2/c11-4-5-13-9(15)10(16)14-8-3-1-2-7(12)6-8/h1-3,6H,4-5H2,(H,13,15)(H,14,16). The molecule has 0 saturated carbocycles. The summed E-state index contributed by atoms with van der Waals surface area (Å²) in [7, 11) is 0. The molecule has 0 aliphatic rings. The number of anilines is 1. The Morgan fingerprint density at radius 3 is 2.62 bits per heavy atom. The van der Waals surface area contributed by atoms with Crippen molar-refractivity contribution in [1.29, 1.82) is 0 Å². The van der Waals surface area contributed by atoms with E-state index in [2.05, 4.69) is 10.6 Å². The zero-order valence-electron chi connectivity index (χ0n) is 8.30. The first-order valence-electron chi connectivity index (χ1n) is 4.54. The summed E-state index contributed by atoms with van der Waals surface area (Å²) < 4.78 is 0. The fourth-order valence-electron chi connectivity index (χ4n) is 0.995. The van der Waals surface area contributed by atoms with E-state index in [1.54, 1.807) is 24.3 Å². The minimum Gasteiger partial charge on any atom is -0.347 e. The van der Waals surface area contributed by atoms with Crippen molar-refractivity contribution in [3.63, 3.8) is 0 Å². The molecule has 0 radical (unpaired) electrons. The van der Waals surface area contributed by atoms with E-state index in [0.29, 0.717) is 10.7 Å². The molecule has 6 heteroatoms. The molecule has 0 heterocycles. The molecular weight excluding hydrogens is 251 g/mol. The highest BCUT2D eigenvalue weighted by Gasteiger charge is 2.12. The van der Waals surface area contributed by atoms with Crippen molar-refractivity contribution in [2.45, 2.75) is 0 Å². The molecule has 0 unspecified atom stereocenters. The molecule has 1 rings (SSSR count). The first-order chi connectivity index (χ1) is 7.63. The zero-order chi connectivity index (χ0) is 12.0. The smallest absolute Gasteiger partial charge is 0.313 e. The number of halogens is 2. The first kappa shape index (κ1) is 12.8. The predicted molar refractivity (Wildman–Crippen MR) is 63.8 cm³/mol. The molecule has 86 valence electrons. The van der Waals surface area contributed by atoms with Gasteiger partial charge in [0.25, 0.3) is 0 Å². The second-order valence-corrected chi connectivity index (χ2v) is 3.72. The van der Waals surface area contributed by atoms with Crippen LogP contribution in [-0.4, -0.2) is 24.2 Å². The molecule has 0 bridgehead atoms. The first-order valence-corrected chi connectivity index (χ1v) is 5.45. The lowest BCUT2D eigenvalue weighted by Gasteiger charge is -2.05. The van der Waals surface area contributed by atoms with Crippen LogP contribution in [-0.2, 0) is 9.59 Å². The summed E-state index contributed by atoms with van der Waals surface area (Å²) in [5.74, 6) is -1.20. The SMILES string of the molecule is O=C(NCCCl)C(=O)Nc1cccc(Cl)c1. The molecule has 2 N–H and O–H groups in total. The van der Waals surface area contributed by atoms with E-state index < -0.39 is 11.8 Å². The molecule has 0 aromatic heterocycles. The Kier molecular flexibility index (Phi) is 5.08. The number of nitrogens with one attached hydrogen (secondary N) is 2. The summed E-state index contributed by atoms with van der Waals surface area (Å²) in [4.78, 5) is 22.5. The number of amides is 2. The molecule has 1 aromatic carbocycles. The van der Waals surface area contributed by atoms with Gasteiger partial charge < -0.3 is 10.6 Å². The highest BCUT2D eigenvalue weighted by molar-refractivity contribution is 6.40. The summed E-state index contributed by atoms with van der Waals surface area (Å²) in [5, 5.41) is 5.25. The molecule has 0 saturated heterocycles. The Balaban J connectivity index is 2.54. The highest BCUT2D eigenvalue weighted by atomic mass is 35.5. The quantitative estimate of drug-likeness (QED) is 0.641. The van der Waals surface area contributed by atoms with Crippen LogP contribution >= 0.6 is 23.2 Å². The minimum absolute atomic E-state index is 0.253. The number of alkyl halides is 1. The second kappa shape index (κ2) is 6.35. The monoisotopic (exact) mass is 260 g/mol. The van der Waals surface area contributed by atoms with Crippen LogP contribution in [0.1, 0.15) is 0 Å². The van der Waals surface area contributed by atoms with E-state index in [9.17, 15) is 9.59 Å². The number of hydrogen-bond donors (Lipinski definition) is 2. The van der Waals surface area contributed by atoms with E-state index >= 15 is 0 Å². The van der Waals surface area contributed by atoms with Crippen LogP contribution in [0.2, 0.25) is 5.02 Å². The van der Waals surface area contributed by atoms with Gasteiger partial charge in [0.1, 0.15) is 0 Å². The number of hydrogen-bond acceptors (Lipinski definition) is 2. The van der Waals surface area contributed by atoms with Crippen LogP contribution in [0.4, 0.5) is 5.69 Å². The van der Waals surface area contributed by atoms with E-state index in [0.717, 1.165) is 0 Å². The summed E-state index contributed by atoms with van der Waals surface area (Å²) in [6.07, 6.45) is 0. The van der Waals surface area contributed by atoms with Crippen LogP contribution < -0.4 is 10.6 Å². The molecule has 16 heavy (non-hydrogen) atoms. The van der Waals surface area contributed by atoms with Gasteiger partial charge in [0.05, 0.1) is 0 Å². The van der Waals surface area contributed by atoms with Crippen molar-refractivity contribution in [2.75, 3.05) is 17.7 Å². The molecule has 2 amide bonds. The van der Waals surface area contributed by atoms with Gasteiger partial charge in [-0.15, -0.1) is 11.6 Å². The van der Waals surface area contributed by atoms with E-state index in [1.165, 1.54) is 0 Å². The van der Waals surface area contributed by atoms with Crippen LogP contribution in [0.3, 0.4) is 0 Å². The summed E-state index contributed by atoms with van der Waals surface area (Å²) in [6.45, 7) is 0.253. The summed E-state index contributed by atoms with van der Waals surface area (Å²) in [5.41, 5.74) is 0.471. The van der Waals surface area contributed by atoms with Crippen molar-refractivity contribution in [1.82, 2.24) is 5.32 Å². The predicted octanol–water partition coefficient (Wildman–Crippen LogP) is 1.63. The van der Waals surface area contributed by atoms with Gasteiger partial charge in [-0.2, -0.15) is 0 Å².